The molecule has 14 heteroatoms. The zero-order chi connectivity index (χ0) is 38.0. The summed E-state index contributed by atoms with van der Waals surface area (Å²) in [7, 11) is 0. The monoisotopic (exact) mass is 763 g/mol. The van der Waals surface area contributed by atoms with Gasteiger partial charge in [0, 0.05) is 49.6 Å². The molecule has 0 aliphatic carbocycles. The fourth-order valence-electron chi connectivity index (χ4n) is 5.96. The number of carbonyl (C=O) groups excluding carboxylic acids is 2. The summed E-state index contributed by atoms with van der Waals surface area (Å²) in [6, 6.07) is 24.5. The number of hydrogen-bond acceptors (Lipinski definition) is 10. The number of nitrogens with zero attached hydrogens (tertiary/aromatic N) is 1. The van der Waals surface area contributed by atoms with Gasteiger partial charge in [0.2, 0.25) is 0 Å². The highest BCUT2D eigenvalue weighted by molar-refractivity contribution is 7.18. The van der Waals surface area contributed by atoms with Crippen LogP contribution in [0.3, 0.4) is 0 Å². The van der Waals surface area contributed by atoms with Gasteiger partial charge in [0.15, 0.2) is 0 Å². The first kappa shape index (κ1) is 40.6. The molecule has 3 amide bonds. The van der Waals surface area contributed by atoms with Crippen LogP contribution in [0.4, 0.5) is 14.9 Å². The Kier molecular flexibility index (Phi) is 16.5. The summed E-state index contributed by atoms with van der Waals surface area (Å²) in [4.78, 5) is 28.1. The van der Waals surface area contributed by atoms with Crippen LogP contribution in [-0.4, -0.2) is 106 Å². The topological polar surface area (TPSA) is 157 Å². The number of anilines is 1. The van der Waals surface area contributed by atoms with Crippen LogP contribution in [0, 0.1) is 5.82 Å². The predicted octanol–water partition coefficient (Wildman–Crippen LogP) is 4.92. The quantitative estimate of drug-likeness (QED) is 0.0702. The van der Waals surface area contributed by atoms with E-state index in [0.29, 0.717) is 79.4 Å². The fourth-order valence-corrected chi connectivity index (χ4v) is 6.97. The Bertz CT molecular complexity index is 1750. The molecule has 1 saturated heterocycles. The Morgan fingerprint density at radius 3 is 2.50 bits per heavy atom. The molecule has 2 atom stereocenters. The minimum atomic E-state index is -0.782. The van der Waals surface area contributed by atoms with Gasteiger partial charge in [-0.2, -0.15) is 0 Å². The summed E-state index contributed by atoms with van der Waals surface area (Å²) < 4.78 is 36.9. The highest BCUT2D eigenvalue weighted by Crippen LogP contribution is 2.35. The van der Waals surface area contributed by atoms with E-state index in [9.17, 15) is 19.1 Å². The Morgan fingerprint density at radius 2 is 1.70 bits per heavy atom. The van der Waals surface area contributed by atoms with Gasteiger partial charge >= 0.3 is 6.03 Å². The van der Waals surface area contributed by atoms with Gasteiger partial charge in [0.25, 0.3) is 5.91 Å². The number of aliphatic hydroxyl groups excluding tert-OH is 1. The van der Waals surface area contributed by atoms with Crippen LogP contribution in [0.1, 0.15) is 28.1 Å². The van der Waals surface area contributed by atoms with E-state index in [4.69, 9.17) is 24.7 Å². The summed E-state index contributed by atoms with van der Waals surface area (Å²) in [5.74, 6) is 0.664. The lowest BCUT2D eigenvalue weighted by Crippen LogP contribution is -2.48. The molecule has 2 unspecified atom stereocenters. The molecular weight excluding hydrogens is 714 g/mol. The number of piperidine rings is 1. The minimum absolute atomic E-state index is 0.0746. The molecule has 1 fully saturated rings. The molecule has 6 N–H and O–H groups in total. The van der Waals surface area contributed by atoms with E-state index in [0.717, 1.165) is 38.1 Å². The molecule has 0 radical (unpaired) electrons. The third-order valence-corrected chi connectivity index (χ3v) is 9.81. The maximum absolute atomic E-state index is 13.8. The number of ether oxygens (including phenoxy) is 4. The van der Waals surface area contributed by atoms with E-state index in [2.05, 4.69) is 33.0 Å². The van der Waals surface area contributed by atoms with E-state index >= 15 is 0 Å². The van der Waals surface area contributed by atoms with Gasteiger partial charge in [-0.25, -0.2) is 9.18 Å². The largest absolute Gasteiger partial charge is 0.493 e. The highest BCUT2D eigenvalue weighted by atomic mass is 32.1. The van der Waals surface area contributed by atoms with Crippen LogP contribution < -0.4 is 31.2 Å². The standard InChI is InChI=1S/C40H50FN5O7S/c41-31-10-4-9-30(23-31)37-25-36(45-40(42)49)38(54-37)39(48)44-32-11-6-16-46(27-32)17-20-51-22-21-50-19-15-43-26-33(47)28-53-35-13-5-12-34(24-35)52-18-14-29-7-2-1-3-8-29/h1-5,7-10,12-13,23-25,32-33,43,47H,6,11,14-22,26-28H2,(H,44,48)(H3,42,45,49). The Balaban J connectivity index is 0.893. The van der Waals surface area contributed by atoms with Crippen molar-refractivity contribution in [3.05, 3.63) is 101 Å². The number of thiophene rings is 1. The van der Waals surface area contributed by atoms with E-state index in [1.807, 2.05) is 42.5 Å². The second kappa shape index (κ2) is 22.0. The van der Waals surface area contributed by atoms with Gasteiger partial charge in [0.05, 0.1) is 38.7 Å². The van der Waals surface area contributed by atoms with Crippen LogP contribution in [0.2, 0.25) is 0 Å². The second-order valence-electron chi connectivity index (χ2n) is 12.9. The van der Waals surface area contributed by atoms with Crippen molar-refractivity contribution in [2.75, 3.05) is 77.7 Å². The fraction of sp³-hybridized carbons (Fsp3) is 0.400. The Labute approximate surface area is 319 Å². The smallest absolute Gasteiger partial charge is 0.316 e. The summed E-state index contributed by atoms with van der Waals surface area (Å²) >= 11 is 1.17. The van der Waals surface area contributed by atoms with Gasteiger partial charge in [-0.1, -0.05) is 48.5 Å². The number of nitrogens with one attached hydrogen (secondary N) is 3. The molecule has 3 aromatic carbocycles. The van der Waals surface area contributed by atoms with Crippen molar-refractivity contribution in [3.8, 4) is 21.9 Å². The molecule has 54 heavy (non-hydrogen) atoms. The van der Waals surface area contributed by atoms with Gasteiger partial charge in [0.1, 0.15) is 34.9 Å². The molecule has 5 rings (SSSR count). The minimum Gasteiger partial charge on any atom is -0.493 e. The number of nitrogens with two attached hydrogens (primary N) is 1. The van der Waals surface area contributed by atoms with Crippen molar-refractivity contribution >= 4 is 29.0 Å². The van der Waals surface area contributed by atoms with E-state index < -0.39 is 18.0 Å². The van der Waals surface area contributed by atoms with Crippen LogP contribution >= 0.6 is 11.3 Å². The maximum Gasteiger partial charge on any atom is 0.316 e. The van der Waals surface area contributed by atoms with Crippen molar-refractivity contribution in [2.24, 2.45) is 5.73 Å². The molecule has 0 spiro atoms. The van der Waals surface area contributed by atoms with E-state index in [1.165, 1.54) is 29.0 Å². The Morgan fingerprint density at radius 1 is 0.926 bits per heavy atom. The third kappa shape index (κ3) is 14.0. The third-order valence-electron chi connectivity index (χ3n) is 8.62. The zero-order valence-corrected chi connectivity index (χ0v) is 31.2. The molecule has 12 nitrogen and oxygen atoms in total. The maximum atomic E-state index is 13.8. The van der Waals surface area contributed by atoms with Gasteiger partial charge in [-0.3, -0.25) is 9.69 Å². The molecule has 1 aromatic heterocycles. The summed E-state index contributed by atoms with van der Waals surface area (Å²) in [6.45, 7) is 5.91. The van der Waals surface area contributed by atoms with Crippen molar-refractivity contribution in [3.63, 3.8) is 0 Å². The zero-order valence-electron chi connectivity index (χ0n) is 30.3. The van der Waals surface area contributed by atoms with E-state index in [-0.39, 0.29) is 18.6 Å². The lowest BCUT2D eigenvalue weighted by Gasteiger charge is -2.33. The SMILES string of the molecule is NC(=O)Nc1cc(-c2cccc(F)c2)sc1C(=O)NC1CCCN(CCOCCOCCNCC(O)COc2cccc(OCCc3ccccc3)c2)C1. The number of likely N-dealkylation sites (tertiary alicyclic amines) is 1. The van der Waals surface area contributed by atoms with Crippen LogP contribution in [-0.2, 0) is 15.9 Å². The molecule has 290 valence electrons. The van der Waals surface area contributed by atoms with Gasteiger partial charge in [-0.15, -0.1) is 11.3 Å². The van der Waals surface area contributed by atoms with Crippen molar-refractivity contribution in [1.29, 1.82) is 0 Å². The number of rotatable bonds is 22. The van der Waals surface area contributed by atoms with Crippen LogP contribution in [0.5, 0.6) is 11.5 Å². The molecule has 1 aliphatic heterocycles. The average Bonchev–Trinajstić information content (AvgIpc) is 3.59. The first-order valence-corrected chi connectivity index (χ1v) is 19.1. The van der Waals surface area contributed by atoms with Crippen LogP contribution in [0.25, 0.3) is 10.4 Å². The summed E-state index contributed by atoms with van der Waals surface area (Å²) in [5.41, 5.74) is 7.47. The van der Waals surface area contributed by atoms with Crippen molar-refractivity contribution < 1.29 is 38.0 Å². The first-order chi connectivity index (χ1) is 26.3. The number of halogens is 1. The average molecular weight is 764 g/mol. The lowest BCUT2D eigenvalue weighted by molar-refractivity contribution is 0.0346. The summed E-state index contributed by atoms with van der Waals surface area (Å²) in [5, 5.41) is 19.1. The van der Waals surface area contributed by atoms with E-state index in [1.54, 1.807) is 18.2 Å². The van der Waals surface area contributed by atoms with Crippen LogP contribution in [0.15, 0.2) is 84.9 Å². The number of benzene rings is 3. The van der Waals surface area contributed by atoms with Gasteiger partial charge in [-0.05, 0) is 60.8 Å². The number of carbonyl (C=O) groups is 2. The van der Waals surface area contributed by atoms with Gasteiger partial charge < -0.3 is 45.7 Å². The second-order valence-corrected chi connectivity index (χ2v) is 14.0. The molecule has 4 aromatic rings. The number of amides is 3. The molecule has 1 aliphatic rings. The molecular formula is C40H50FN5O7S. The number of primary amides is 1. The lowest BCUT2D eigenvalue weighted by atomic mass is 10.1. The molecule has 2 heterocycles. The first-order valence-electron chi connectivity index (χ1n) is 18.3. The Hall–Kier alpha value is -4.57. The number of urea groups is 1. The predicted molar refractivity (Wildman–Crippen MR) is 208 cm³/mol. The number of hydrogen-bond donors (Lipinski definition) is 5. The molecule has 0 saturated carbocycles. The normalized spacial score (nSPS) is 15.0. The number of aliphatic hydroxyl groups is 1. The summed E-state index contributed by atoms with van der Waals surface area (Å²) in [6.07, 6.45) is 1.89. The highest BCUT2D eigenvalue weighted by Gasteiger charge is 2.25. The van der Waals surface area contributed by atoms with Crippen molar-refractivity contribution in [2.45, 2.75) is 31.4 Å². The molecule has 0 bridgehead atoms. The van der Waals surface area contributed by atoms with Crippen molar-refractivity contribution in [1.82, 2.24) is 15.5 Å².